The van der Waals surface area contributed by atoms with Gasteiger partial charge in [0.1, 0.15) is 5.82 Å². The van der Waals surface area contributed by atoms with Crippen LogP contribution in [-0.4, -0.2) is 52.4 Å². The Labute approximate surface area is 162 Å². The van der Waals surface area contributed by atoms with Gasteiger partial charge in [-0.25, -0.2) is 4.39 Å². The Balaban J connectivity index is 0.00000529. The molecule has 1 aromatic carbocycles. The summed E-state index contributed by atoms with van der Waals surface area (Å²) in [6.45, 7) is 7.06. The monoisotopic (exact) mass is 452 g/mol. The van der Waals surface area contributed by atoms with Gasteiger partial charge in [0.05, 0.1) is 6.61 Å². The minimum atomic E-state index is -0.210. The number of aliphatic imine (C=N–C) groups is 1. The molecule has 2 N–H and O–H groups in total. The van der Waals surface area contributed by atoms with Crippen LogP contribution in [0.15, 0.2) is 29.3 Å². The summed E-state index contributed by atoms with van der Waals surface area (Å²) in [5, 5.41) is 6.52. The zero-order chi connectivity index (χ0) is 17.1. The van der Waals surface area contributed by atoms with Gasteiger partial charge < -0.3 is 20.3 Å². The van der Waals surface area contributed by atoms with Gasteiger partial charge >= 0.3 is 0 Å². The zero-order valence-electron chi connectivity index (χ0n) is 15.0. The van der Waals surface area contributed by atoms with E-state index in [9.17, 15) is 4.39 Å². The average molecular weight is 452 g/mol. The van der Waals surface area contributed by atoms with Gasteiger partial charge in [-0.15, -0.1) is 24.0 Å². The first kappa shape index (κ1) is 22.9. The summed E-state index contributed by atoms with van der Waals surface area (Å²) in [4.78, 5) is 6.59. The number of nitrogens with one attached hydrogen (secondary N) is 2. The van der Waals surface area contributed by atoms with Crippen LogP contribution in [0.3, 0.4) is 0 Å². The van der Waals surface area contributed by atoms with E-state index in [0.29, 0.717) is 13.2 Å². The maximum atomic E-state index is 13.2. The molecule has 0 saturated carbocycles. The van der Waals surface area contributed by atoms with Gasteiger partial charge in [0.15, 0.2) is 5.96 Å². The fourth-order valence-corrected chi connectivity index (χ4v) is 2.19. The number of benzene rings is 1. The van der Waals surface area contributed by atoms with Crippen LogP contribution in [0.2, 0.25) is 0 Å². The molecule has 0 fully saturated rings. The quantitative estimate of drug-likeness (QED) is 0.262. The fraction of sp³-hybridized carbons (Fsp3) is 0.588. The van der Waals surface area contributed by atoms with Gasteiger partial charge in [0.25, 0.3) is 0 Å². The van der Waals surface area contributed by atoms with E-state index in [-0.39, 0.29) is 35.8 Å². The van der Waals surface area contributed by atoms with Crippen molar-refractivity contribution in [3.8, 4) is 0 Å². The van der Waals surface area contributed by atoms with Crippen LogP contribution in [0.1, 0.15) is 20.3 Å². The van der Waals surface area contributed by atoms with Gasteiger partial charge in [-0.3, -0.25) is 4.99 Å². The highest BCUT2D eigenvalue weighted by Gasteiger charge is 2.05. The fourth-order valence-electron chi connectivity index (χ4n) is 2.19. The van der Waals surface area contributed by atoms with Gasteiger partial charge in [-0.2, -0.15) is 0 Å². The first-order valence-corrected chi connectivity index (χ1v) is 8.07. The second-order valence-corrected chi connectivity index (χ2v) is 5.52. The molecule has 7 heteroatoms. The number of halogens is 2. The average Bonchev–Trinajstić information content (AvgIpc) is 2.51. The molecule has 1 aromatic rings. The smallest absolute Gasteiger partial charge is 0.191 e. The minimum absolute atomic E-state index is 0. The summed E-state index contributed by atoms with van der Waals surface area (Å²) in [5.41, 5.74) is 0.882. The number of anilines is 1. The highest BCUT2D eigenvalue weighted by Crippen LogP contribution is 2.13. The van der Waals surface area contributed by atoms with E-state index >= 15 is 0 Å². The first-order valence-electron chi connectivity index (χ1n) is 8.07. The zero-order valence-corrected chi connectivity index (χ0v) is 17.3. The van der Waals surface area contributed by atoms with Crippen molar-refractivity contribution < 1.29 is 9.13 Å². The summed E-state index contributed by atoms with van der Waals surface area (Å²) >= 11 is 0. The van der Waals surface area contributed by atoms with E-state index in [0.717, 1.165) is 31.2 Å². The molecule has 24 heavy (non-hydrogen) atoms. The number of rotatable bonds is 9. The number of guanidine groups is 1. The van der Waals surface area contributed by atoms with Gasteiger partial charge in [0.2, 0.25) is 0 Å². The van der Waals surface area contributed by atoms with Crippen molar-refractivity contribution in [2.24, 2.45) is 4.99 Å². The summed E-state index contributed by atoms with van der Waals surface area (Å²) in [6, 6.07) is 6.83. The topological polar surface area (TPSA) is 48.9 Å². The van der Waals surface area contributed by atoms with E-state index in [2.05, 4.69) is 15.6 Å². The van der Waals surface area contributed by atoms with E-state index in [1.807, 2.05) is 31.9 Å². The molecule has 1 unspecified atom stereocenters. The minimum Gasteiger partial charge on any atom is -0.383 e. The van der Waals surface area contributed by atoms with Crippen molar-refractivity contribution in [2.45, 2.75) is 26.3 Å². The van der Waals surface area contributed by atoms with Gasteiger partial charge in [-0.1, -0.05) is 6.07 Å². The molecule has 138 valence electrons. The summed E-state index contributed by atoms with van der Waals surface area (Å²) < 4.78 is 18.3. The normalized spacial score (nSPS) is 12.3. The summed E-state index contributed by atoms with van der Waals surface area (Å²) in [7, 11) is 3.65. The molecule has 0 bridgehead atoms. The lowest BCUT2D eigenvalue weighted by atomic mass is 10.2. The number of methoxy groups -OCH3 is 1. The second-order valence-electron chi connectivity index (χ2n) is 5.52. The molecule has 0 aromatic heterocycles. The van der Waals surface area contributed by atoms with Crippen molar-refractivity contribution in [1.29, 1.82) is 0 Å². The molecule has 5 nitrogen and oxygen atoms in total. The Morgan fingerprint density at radius 1 is 1.42 bits per heavy atom. The number of hydrogen-bond acceptors (Lipinski definition) is 3. The lowest BCUT2D eigenvalue weighted by molar-refractivity contribution is 0.179. The largest absolute Gasteiger partial charge is 0.383 e. The van der Waals surface area contributed by atoms with Crippen LogP contribution in [0, 0.1) is 5.82 Å². The van der Waals surface area contributed by atoms with Crippen LogP contribution in [0.5, 0.6) is 0 Å². The molecule has 0 aliphatic carbocycles. The second kappa shape index (κ2) is 13.2. The molecular formula is C17H30FIN4O. The van der Waals surface area contributed by atoms with Crippen molar-refractivity contribution in [2.75, 3.05) is 45.3 Å². The lowest BCUT2D eigenvalue weighted by Crippen LogP contribution is -2.44. The van der Waals surface area contributed by atoms with Crippen LogP contribution < -0.4 is 15.5 Å². The first-order chi connectivity index (χ1) is 11.1. The lowest BCUT2D eigenvalue weighted by Gasteiger charge is -2.19. The SMILES string of the molecule is CCNC(=NCCCN(C)c1cccc(F)c1)NC(C)COC.I. The van der Waals surface area contributed by atoms with Crippen LogP contribution in [-0.2, 0) is 4.74 Å². The van der Waals surface area contributed by atoms with Crippen molar-refractivity contribution >= 4 is 35.6 Å². The van der Waals surface area contributed by atoms with Gasteiger partial charge in [-0.05, 0) is 38.5 Å². The molecule has 0 heterocycles. The molecule has 0 aliphatic heterocycles. The molecule has 0 amide bonds. The van der Waals surface area contributed by atoms with Crippen molar-refractivity contribution in [3.05, 3.63) is 30.1 Å². The molecule has 1 rings (SSSR count). The number of hydrogen-bond donors (Lipinski definition) is 2. The molecular weight excluding hydrogens is 422 g/mol. The molecule has 1 atom stereocenters. The maximum Gasteiger partial charge on any atom is 0.191 e. The van der Waals surface area contributed by atoms with Gasteiger partial charge in [0, 0.05) is 45.5 Å². The highest BCUT2D eigenvalue weighted by molar-refractivity contribution is 14.0. The third-order valence-electron chi connectivity index (χ3n) is 3.31. The van der Waals surface area contributed by atoms with Crippen LogP contribution in [0.4, 0.5) is 10.1 Å². The van der Waals surface area contributed by atoms with Crippen LogP contribution in [0.25, 0.3) is 0 Å². The van der Waals surface area contributed by atoms with Crippen LogP contribution >= 0.6 is 24.0 Å². The molecule has 0 aliphatic rings. The molecule has 0 radical (unpaired) electrons. The number of ether oxygens (including phenoxy) is 1. The Morgan fingerprint density at radius 3 is 2.79 bits per heavy atom. The Hall–Kier alpha value is -1.09. The van der Waals surface area contributed by atoms with Crippen molar-refractivity contribution in [3.63, 3.8) is 0 Å². The van der Waals surface area contributed by atoms with E-state index in [1.165, 1.54) is 6.07 Å². The molecule has 0 spiro atoms. The Kier molecular flexibility index (Phi) is 12.6. The van der Waals surface area contributed by atoms with E-state index < -0.39 is 0 Å². The van der Waals surface area contributed by atoms with Crippen molar-refractivity contribution in [1.82, 2.24) is 10.6 Å². The predicted molar refractivity (Wildman–Crippen MR) is 110 cm³/mol. The number of nitrogens with zero attached hydrogens (tertiary/aromatic N) is 2. The van der Waals surface area contributed by atoms with E-state index in [1.54, 1.807) is 19.2 Å². The Morgan fingerprint density at radius 2 is 2.17 bits per heavy atom. The summed E-state index contributed by atoms with van der Waals surface area (Å²) in [5.74, 6) is 0.587. The third kappa shape index (κ3) is 9.27. The Bertz CT molecular complexity index is 487. The molecule has 0 saturated heterocycles. The van der Waals surface area contributed by atoms with E-state index in [4.69, 9.17) is 4.74 Å². The summed E-state index contributed by atoms with van der Waals surface area (Å²) in [6.07, 6.45) is 0.891. The standard InChI is InChI=1S/C17H29FN4O.HI/c1-5-19-17(21-14(2)13-23-4)20-10-7-11-22(3)16-9-6-8-15(18)12-16;/h6,8-9,12,14H,5,7,10-11,13H2,1-4H3,(H2,19,20,21);1H. The predicted octanol–water partition coefficient (Wildman–Crippen LogP) is 2.86. The highest BCUT2D eigenvalue weighted by atomic mass is 127. The maximum absolute atomic E-state index is 13.2. The third-order valence-corrected chi connectivity index (χ3v) is 3.31.